The van der Waals surface area contributed by atoms with Gasteiger partial charge in [0, 0.05) is 19.3 Å². The molecule has 2 unspecified atom stereocenters. The minimum Gasteiger partial charge on any atom is -0.462 e. The minimum atomic E-state index is -0.418. The van der Waals surface area contributed by atoms with Gasteiger partial charge in [-0.1, -0.05) is 161 Å². The third-order valence-corrected chi connectivity index (χ3v) is 9.50. The number of hydrogen-bond acceptors (Lipinski definition) is 6. The molecule has 0 radical (unpaired) electrons. The van der Waals surface area contributed by atoms with Crippen LogP contribution in [0.3, 0.4) is 0 Å². The van der Waals surface area contributed by atoms with Gasteiger partial charge in [0.1, 0.15) is 12.1 Å². The van der Waals surface area contributed by atoms with Crippen molar-refractivity contribution in [2.75, 3.05) is 26.4 Å². The molecule has 6 heteroatoms. The number of ether oxygens (including phenoxy) is 4. The zero-order valence-corrected chi connectivity index (χ0v) is 34.4. The van der Waals surface area contributed by atoms with Crippen molar-refractivity contribution in [2.45, 2.75) is 239 Å². The van der Waals surface area contributed by atoms with E-state index >= 15 is 0 Å². The van der Waals surface area contributed by atoms with Gasteiger partial charge in [-0.25, -0.2) is 4.79 Å². The van der Waals surface area contributed by atoms with Crippen LogP contribution in [0.1, 0.15) is 208 Å². The first kappa shape index (κ1) is 49.0. The largest absolute Gasteiger partial charge is 0.462 e. The van der Waals surface area contributed by atoms with E-state index in [1.165, 1.54) is 148 Å². The third kappa shape index (κ3) is 35.5. The minimum absolute atomic E-state index is 0.0508. The quantitative estimate of drug-likeness (QED) is 0.0388. The maximum Gasteiger partial charge on any atom is 0.327 e. The van der Waals surface area contributed by atoms with Gasteiger partial charge in [0.25, 0.3) is 0 Å². The van der Waals surface area contributed by atoms with E-state index in [9.17, 15) is 4.79 Å². The van der Waals surface area contributed by atoms with E-state index in [2.05, 4.69) is 39.6 Å². The van der Waals surface area contributed by atoms with Crippen molar-refractivity contribution >= 4 is 5.97 Å². The second kappa shape index (κ2) is 37.8. The standard InChI is InChI=1S/C44H87NO5/c1-8-10-11-12-13-14-15-21-24-27-30-33-36-48-42(38-49-39(3)4)37-47-35-32-29-26-23-20-18-16-17-19-22-25-28-31-34-41(7)45-43(9-2)44(46)50-40(5)6/h9,39-43,45H,2,8,10-38H2,1,3-7H3/t41?,42?,43-/m0/s1. The number of hydrogen-bond donors (Lipinski definition) is 1. The van der Waals surface area contributed by atoms with Crippen molar-refractivity contribution in [2.24, 2.45) is 0 Å². The second-order valence-corrected chi connectivity index (χ2v) is 15.5. The SMILES string of the molecule is C=C[C@H](NC(C)CCCCCCCCCCCCCCCOCC(COC(C)C)OCCCCCCCCCCCCCC)C(=O)OC(C)C. The second-order valence-electron chi connectivity index (χ2n) is 15.5. The smallest absolute Gasteiger partial charge is 0.327 e. The van der Waals surface area contributed by atoms with Gasteiger partial charge in [-0.15, -0.1) is 6.58 Å². The van der Waals surface area contributed by atoms with Crippen molar-refractivity contribution in [3.8, 4) is 0 Å². The molecule has 3 atom stereocenters. The number of esters is 1. The third-order valence-electron chi connectivity index (χ3n) is 9.50. The number of rotatable bonds is 40. The Bertz CT molecular complexity index is 715. The summed E-state index contributed by atoms with van der Waals surface area (Å²) in [6.07, 6.45) is 36.3. The maximum atomic E-state index is 12.1. The molecule has 0 aromatic rings. The summed E-state index contributed by atoms with van der Waals surface area (Å²) < 4.78 is 23.4. The highest BCUT2D eigenvalue weighted by atomic mass is 16.6. The fourth-order valence-corrected chi connectivity index (χ4v) is 6.38. The summed E-state index contributed by atoms with van der Waals surface area (Å²) >= 11 is 0. The Morgan fingerprint density at radius 1 is 0.560 bits per heavy atom. The molecule has 0 amide bonds. The molecule has 0 fully saturated rings. The predicted octanol–water partition coefficient (Wildman–Crippen LogP) is 12.5. The van der Waals surface area contributed by atoms with Gasteiger partial charge in [-0.3, -0.25) is 5.32 Å². The topological polar surface area (TPSA) is 66.0 Å². The average molecular weight is 710 g/mol. The Morgan fingerprint density at radius 3 is 1.44 bits per heavy atom. The predicted molar refractivity (Wildman–Crippen MR) is 215 cm³/mol. The van der Waals surface area contributed by atoms with E-state index in [1.807, 2.05) is 13.8 Å². The number of nitrogens with one attached hydrogen (secondary N) is 1. The molecule has 6 nitrogen and oxygen atoms in total. The highest BCUT2D eigenvalue weighted by Gasteiger charge is 2.19. The molecular weight excluding hydrogens is 622 g/mol. The van der Waals surface area contributed by atoms with E-state index < -0.39 is 6.04 Å². The first-order valence-corrected chi connectivity index (χ1v) is 21.7. The highest BCUT2D eigenvalue weighted by molar-refractivity contribution is 5.78. The van der Waals surface area contributed by atoms with E-state index in [1.54, 1.807) is 6.08 Å². The molecule has 0 aromatic carbocycles. The molecule has 0 aromatic heterocycles. The van der Waals surface area contributed by atoms with Gasteiger partial charge in [0.05, 0.1) is 25.4 Å². The van der Waals surface area contributed by atoms with E-state index in [0.29, 0.717) is 13.2 Å². The highest BCUT2D eigenvalue weighted by Crippen LogP contribution is 2.15. The maximum absolute atomic E-state index is 12.1. The summed E-state index contributed by atoms with van der Waals surface area (Å²) in [5.74, 6) is -0.231. The lowest BCUT2D eigenvalue weighted by Crippen LogP contribution is -2.42. The molecule has 298 valence electrons. The molecule has 0 aliphatic heterocycles. The van der Waals surface area contributed by atoms with E-state index in [4.69, 9.17) is 18.9 Å². The monoisotopic (exact) mass is 710 g/mol. The van der Waals surface area contributed by atoms with E-state index in [0.717, 1.165) is 32.5 Å². The molecular formula is C44H87NO5. The zero-order chi connectivity index (χ0) is 36.9. The zero-order valence-electron chi connectivity index (χ0n) is 34.4. The van der Waals surface area contributed by atoms with Crippen molar-refractivity contribution in [3.63, 3.8) is 0 Å². The van der Waals surface area contributed by atoms with Crippen molar-refractivity contribution in [3.05, 3.63) is 12.7 Å². The lowest BCUT2D eigenvalue weighted by Gasteiger charge is -2.20. The lowest BCUT2D eigenvalue weighted by atomic mass is 10.0. The van der Waals surface area contributed by atoms with Gasteiger partial charge in [0.15, 0.2) is 0 Å². The molecule has 0 saturated carbocycles. The molecule has 0 spiro atoms. The van der Waals surface area contributed by atoms with Gasteiger partial charge in [-0.2, -0.15) is 0 Å². The van der Waals surface area contributed by atoms with Crippen LogP contribution in [0, 0.1) is 0 Å². The number of carbonyl (C=O) groups excluding carboxylic acids is 1. The molecule has 0 heterocycles. The van der Waals surface area contributed by atoms with Crippen molar-refractivity contribution in [1.29, 1.82) is 0 Å². The fourth-order valence-electron chi connectivity index (χ4n) is 6.38. The fraction of sp³-hybridized carbons (Fsp3) is 0.932. The Balaban J connectivity index is 3.63. The summed E-state index contributed by atoms with van der Waals surface area (Å²) in [4.78, 5) is 12.1. The van der Waals surface area contributed by atoms with Crippen molar-refractivity contribution < 1.29 is 23.7 Å². The number of unbranched alkanes of at least 4 members (excludes halogenated alkanes) is 23. The molecule has 0 aliphatic carbocycles. The molecule has 0 saturated heterocycles. The van der Waals surface area contributed by atoms with Crippen molar-refractivity contribution in [1.82, 2.24) is 5.32 Å². The Hall–Kier alpha value is -0.950. The van der Waals surface area contributed by atoms with E-state index in [-0.39, 0.29) is 30.3 Å². The van der Waals surface area contributed by atoms with Crippen LogP contribution in [0.15, 0.2) is 12.7 Å². The van der Waals surface area contributed by atoms with Gasteiger partial charge in [0.2, 0.25) is 0 Å². The molecule has 0 rings (SSSR count). The van der Waals surface area contributed by atoms with Crippen LogP contribution in [0.25, 0.3) is 0 Å². The summed E-state index contributed by atoms with van der Waals surface area (Å²) in [6, 6.07) is -0.135. The summed E-state index contributed by atoms with van der Waals surface area (Å²) in [6.45, 7) is 19.1. The van der Waals surface area contributed by atoms with Gasteiger partial charge >= 0.3 is 5.97 Å². The van der Waals surface area contributed by atoms with Crippen LogP contribution in [-0.4, -0.2) is 62.8 Å². The first-order chi connectivity index (χ1) is 24.3. The van der Waals surface area contributed by atoms with Crippen LogP contribution < -0.4 is 5.32 Å². The Labute approximate surface area is 312 Å². The molecule has 0 aliphatic rings. The first-order valence-electron chi connectivity index (χ1n) is 21.7. The van der Waals surface area contributed by atoms with Crippen LogP contribution in [0.2, 0.25) is 0 Å². The van der Waals surface area contributed by atoms with Crippen LogP contribution >= 0.6 is 0 Å². The normalized spacial score (nSPS) is 13.6. The lowest BCUT2D eigenvalue weighted by molar-refractivity contribution is -0.148. The van der Waals surface area contributed by atoms with Crippen LogP contribution in [0.4, 0.5) is 0 Å². The summed E-state index contributed by atoms with van der Waals surface area (Å²) in [7, 11) is 0. The molecule has 1 N–H and O–H groups in total. The molecule has 50 heavy (non-hydrogen) atoms. The Kier molecular flexibility index (Phi) is 37.1. The summed E-state index contributed by atoms with van der Waals surface area (Å²) in [5.41, 5.74) is 0. The van der Waals surface area contributed by atoms with Crippen LogP contribution in [0.5, 0.6) is 0 Å². The van der Waals surface area contributed by atoms with Crippen LogP contribution in [-0.2, 0) is 23.7 Å². The van der Waals surface area contributed by atoms with Gasteiger partial charge in [-0.05, 0) is 53.9 Å². The Morgan fingerprint density at radius 2 is 1.00 bits per heavy atom. The average Bonchev–Trinajstić information content (AvgIpc) is 3.08. The van der Waals surface area contributed by atoms with Gasteiger partial charge < -0.3 is 18.9 Å². The number of carbonyl (C=O) groups is 1. The molecule has 0 bridgehead atoms. The summed E-state index contributed by atoms with van der Waals surface area (Å²) in [5, 5.41) is 3.35.